The molecular weight excluding hydrogens is 390 g/mol. The van der Waals surface area contributed by atoms with Gasteiger partial charge >= 0.3 is 6.09 Å². The monoisotopic (exact) mass is 415 g/mol. The first-order valence-electron chi connectivity index (χ1n) is 9.98. The molecule has 0 bridgehead atoms. The Labute approximate surface area is 161 Å². The summed E-state index contributed by atoms with van der Waals surface area (Å²) in [6.45, 7) is 6.34. The molecule has 0 atom stereocenters. The second-order valence-electron chi connectivity index (χ2n) is 6.74. The topological polar surface area (TPSA) is 57.2 Å². The van der Waals surface area contributed by atoms with E-state index in [1.165, 1.54) is 0 Å². The smallest absolute Gasteiger partial charge is 0.410 e. The predicted octanol–water partition coefficient (Wildman–Crippen LogP) is 4.47. The number of halogens is 1. The minimum Gasteiger partial charge on any atom is -0.489 e. The number of hydrogen-bond donors (Lipinski definition) is 0. The van der Waals surface area contributed by atoms with E-state index in [2.05, 4.69) is 15.9 Å². The Balaban J connectivity index is 1.72. The number of nitrogens with zero attached hydrogens (tertiary/aromatic N) is 1. The molecule has 2 heterocycles. The molecule has 0 N–H and O–H groups in total. The van der Waals surface area contributed by atoms with Gasteiger partial charge in [0.25, 0.3) is 0 Å². The van der Waals surface area contributed by atoms with Crippen LogP contribution in [0.5, 0.6) is 17.2 Å². The number of likely N-dealkylation sites (tertiary alicyclic amines) is 1. The van der Waals surface area contributed by atoms with E-state index in [-0.39, 0.29) is 46.0 Å². The maximum atomic E-state index is 12.2. The standard InChI is InChI=1S/C18H22BrNO5/c1-18(2,3)25-17(21)20-8-6-12(7-9-20)24-13-4-5-14-16(15(13)19)23-11-10-22-14/h4-5,10-12H,6-9H2,1-3H3/i4D,5D,10D,11D. The SMILES string of the molecule is [2H]C1=C([2H])Oc2c(Br)c(OC3CCN(C(=O)OC(C)(C)C)CC3)c([2H])c([2H])c2O1. The number of rotatable bonds is 2. The molecule has 1 saturated heterocycles. The Morgan fingerprint density at radius 1 is 1.28 bits per heavy atom. The lowest BCUT2D eigenvalue weighted by atomic mass is 10.1. The third kappa shape index (κ3) is 4.39. The van der Waals surface area contributed by atoms with Gasteiger partial charge in [-0.25, -0.2) is 4.79 Å². The minimum absolute atomic E-state index is 0.0354. The summed E-state index contributed by atoms with van der Waals surface area (Å²) in [7, 11) is 0. The van der Waals surface area contributed by atoms with Crippen LogP contribution in [-0.4, -0.2) is 35.8 Å². The van der Waals surface area contributed by atoms with E-state index in [9.17, 15) is 4.79 Å². The van der Waals surface area contributed by atoms with Gasteiger partial charge in [0.15, 0.2) is 11.5 Å². The first kappa shape index (κ1) is 13.3. The lowest BCUT2D eigenvalue weighted by Gasteiger charge is -2.33. The zero-order valence-corrected chi connectivity index (χ0v) is 15.9. The molecule has 2 aliphatic rings. The van der Waals surface area contributed by atoms with E-state index in [0.717, 1.165) is 0 Å². The summed E-state index contributed by atoms with van der Waals surface area (Å²) >= 11 is 3.31. The first-order chi connectivity index (χ1) is 13.5. The van der Waals surface area contributed by atoms with Crippen LogP contribution in [-0.2, 0) is 4.74 Å². The van der Waals surface area contributed by atoms with Gasteiger partial charge in [-0.1, -0.05) is 0 Å². The van der Waals surface area contributed by atoms with Crippen LogP contribution in [0.25, 0.3) is 0 Å². The van der Waals surface area contributed by atoms with Gasteiger partial charge in [-0.15, -0.1) is 0 Å². The molecule has 7 heteroatoms. The molecule has 0 spiro atoms. The van der Waals surface area contributed by atoms with Gasteiger partial charge in [-0.2, -0.15) is 0 Å². The van der Waals surface area contributed by atoms with Crippen molar-refractivity contribution >= 4 is 22.0 Å². The van der Waals surface area contributed by atoms with Crippen LogP contribution in [0.1, 0.15) is 39.1 Å². The quantitative estimate of drug-likeness (QED) is 0.712. The zero-order valence-electron chi connectivity index (χ0n) is 18.3. The summed E-state index contributed by atoms with van der Waals surface area (Å²) in [6, 6.07) is -0.503. The predicted molar refractivity (Wildman–Crippen MR) is 96.0 cm³/mol. The maximum absolute atomic E-state index is 12.2. The Bertz CT molecular complexity index is 863. The molecule has 1 fully saturated rings. The van der Waals surface area contributed by atoms with Crippen LogP contribution in [0.4, 0.5) is 4.79 Å². The summed E-state index contributed by atoms with van der Waals surface area (Å²) in [4.78, 5) is 13.8. The Kier molecular flexibility index (Phi) is 3.82. The molecule has 3 rings (SSSR count). The van der Waals surface area contributed by atoms with Crippen LogP contribution in [0.3, 0.4) is 0 Å². The molecule has 1 aromatic rings. The number of hydrogen-bond acceptors (Lipinski definition) is 5. The first-order valence-corrected chi connectivity index (χ1v) is 8.77. The zero-order chi connectivity index (χ0) is 21.5. The molecule has 0 unspecified atom stereocenters. The summed E-state index contributed by atoms with van der Waals surface area (Å²) in [6.07, 6.45) is -0.589. The van der Waals surface area contributed by atoms with Crippen molar-refractivity contribution in [2.24, 2.45) is 0 Å². The molecule has 25 heavy (non-hydrogen) atoms. The van der Waals surface area contributed by atoms with E-state index in [1.807, 2.05) is 20.8 Å². The molecule has 0 radical (unpaired) electrons. The van der Waals surface area contributed by atoms with Gasteiger partial charge in [0.1, 0.15) is 37.1 Å². The van der Waals surface area contributed by atoms with Crippen molar-refractivity contribution in [1.29, 1.82) is 0 Å². The summed E-state index contributed by atoms with van der Waals surface area (Å²) in [5.74, 6) is 0.0393. The Morgan fingerprint density at radius 2 is 1.96 bits per heavy atom. The van der Waals surface area contributed by atoms with Gasteiger partial charge in [0, 0.05) is 25.9 Å². The molecule has 0 saturated carbocycles. The van der Waals surface area contributed by atoms with E-state index in [0.29, 0.717) is 25.9 Å². The Hall–Kier alpha value is -1.89. The van der Waals surface area contributed by atoms with Crippen molar-refractivity contribution in [2.45, 2.75) is 45.3 Å². The number of fused-ring (bicyclic) bond motifs is 1. The lowest BCUT2D eigenvalue weighted by Crippen LogP contribution is -2.44. The molecule has 1 aromatic carbocycles. The van der Waals surface area contributed by atoms with E-state index >= 15 is 0 Å². The van der Waals surface area contributed by atoms with Gasteiger partial charge in [-0.3, -0.25) is 0 Å². The molecule has 1 amide bonds. The van der Waals surface area contributed by atoms with E-state index < -0.39 is 18.1 Å². The summed E-state index contributed by atoms with van der Waals surface area (Å²) in [5.41, 5.74) is -0.560. The highest BCUT2D eigenvalue weighted by Crippen LogP contribution is 2.44. The summed E-state index contributed by atoms with van der Waals surface area (Å²) < 4.78 is 53.5. The molecule has 136 valence electrons. The van der Waals surface area contributed by atoms with Crippen LogP contribution >= 0.6 is 15.9 Å². The Morgan fingerprint density at radius 3 is 2.64 bits per heavy atom. The second kappa shape index (κ2) is 7.15. The van der Waals surface area contributed by atoms with Gasteiger partial charge in [0.2, 0.25) is 0 Å². The molecule has 2 aliphatic heterocycles. The van der Waals surface area contributed by atoms with E-state index in [1.54, 1.807) is 4.90 Å². The normalized spacial score (nSPS) is 20.4. The largest absolute Gasteiger partial charge is 0.489 e. The third-order valence-electron chi connectivity index (χ3n) is 3.62. The highest BCUT2D eigenvalue weighted by Gasteiger charge is 2.28. The van der Waals surface area contributed by atoms with Crippen LogP contribution < -0.4 is 14.2 Å². The summed E-state index contributed by atoms with van der Waals surface area (Å²) in [5, 5.41) is 0. The van der Waals surface area contributed by atoms with Gasteiger partial charge < -0.3 is 23.8 Å². The third-order valence-corrected chi connectivity index (χ3v) is 4.34. The van der Waals surface area contributed by atoms with Crippen molar-refractivity contribution in [2.75, 3.05) is 13.1 Å². The van der Waals surface area contributed by atoms with Crippen LogP contribution in [0.2, 0.25) is 0 Å². The highest BCUT2D eigenvalue weighted by atomic mass is 79.9. The fourth-order valence-corrected chi connectivity index (χ4v) is 2.92. The molecular formula is C18H22BrNO5. The van der Waals surface area contributed by atoms with Gasteiger partial charge in [0.05, 0.1) is 2.74 Å². The molecule has 6 nitrogen and oxygen atoms in total. The highest BCUT2D eigenvalue weighted by molar-refractivity contribution is 9.10. The number of benzene rings is 1. The number of carbonyl (C=O) groups is 1. The number of piperidine rings is 1. The van der Waals surface area contributed by atoms with Crippen molar-refractivity contribution < 1.29 is 29.2 Å². The van der Waals surface area contributed by atoms with Crippen LogP contribution in [0, 0.1) is 0 Å². The van der Waals surface area contributed by atoms with Crippen molar-refractivity contribution in [3.8, 4) is 17.2 Å². The van der Waals surface area contributed by atoms with E-state index in [4.69, 9.17) is 24.4 Å². The minimum atomic E-state index is -0.560. The van der Waals surface area contributed by atoms with Gasteiger partial charge in [-0.05, 0) is 48.8 Å². The van der Waals surface area contributed by atoms with Crippen molar-refractivity contribution in [3.05, 3.63) is 29.0 Å². The number of ether oxygens (including phenoxy) is 4. The average molecular weight is 416 g/mol. The molecule has 0 aromatic heterocycles. The second-order valence-corrected chi connectivity index (χ2v) is 7.54. The number of carbonyl (C=O) groups excluding carboxylic acids is 1. The maximum Gasteiger partial charge on any atom is 0.410 e. The lowest BCUT2D eigenvalue weighted by molar-refractivity contribution is 0.0126. The average Bonchev–Trinajstić information content (AvgIpc) is 2.64. The molecule has 0 aliphatic carbocycles. The number of amides is 1. The van der Waals surface area contributed by atoms with Crippen molar-refractivity contribution in [1.82, 2.24) is 4.90 Å². The fraction of sp³-hybridized carbons (Fsp3) is 0.500. The van der Waals surface area contributed by atoms with Crippen molar-refractivity contribution in [3.63, 3.8) is 0 Å². The fourth-order valence-electron chi connectivity index (χ4n) is 2.47. The van der Waals surface area contributed by atoms with Crippen LogP contribution in [0.15, 0.2) is 29.0 Å².